The molecule has 0 aliphatic carbocycles. The Morgan fingerprint density at radius 1 is 1.00 bits per heavy atom. The average molecular weight is 385 g/mol. The van der Waals surface area contributed by atoms with Gasteiger partial charge in [0, 0.05) is 50.6 Å². The van der Waals surface area contributed by atoms with Crippen LogP contribution in [0, 0.1) is 5.41 Å². The van der Waals surface area contributed by atoms with E-state index in [4.69, 9.17) is 10.5 Å². The molecule has 1 aromatic rings. The number of hydrogen-bond donors (Lipinski definition) is 1. The third-order valence-corrected chi connectivity index (χ3v) is 5.38. The molecule has 2 aliphatic heterocycles. The Morgan fingerprint density at radius 3 is 2.04 bits per heavy atom. The summed E-state index contributed by atoms with van der Waals surface area (Å²) in [5.74, 6) is -1.37. The molecule has 0 atom stereocenters. The van der Waals surface area contributed by atoms with E-state index in [0.29, 0.717) is 18.7 Å². The van der Waals surface area contributed by atoms with Crippen LogP contribution in [-0.4, -0.2) is 62.3 Å². The summed E-state index contributed by atoms with van der Waals surface area (Å²) < 4.78 is 46.1. The van der Waals surface area contributed by atoms with Crippen molar-refractivity contribution in [2.75, 3.05) is 44.3 Å². The van der Waals surface area contributed by atoms with Crippen LogP contribution in [0.2, 0.25) is 0 Å². The summed E-state index contributed by atoms with van der Waals surface area (Å²) in [7, 11) is 0. The fraction of sp³-hybridized carbons (Fsp3) is 0.556. The van der Waals surface area contributed by atoms with Crippen LogP contribution in [0.15, 0.2) is 24.3 Å². The second kappa shape index (κ2) is 7.38. The zero-order valence-corrected chi connectivity index (χ0v) is 14.8. The predicted molar refractivity (Wildman–Crippen MR) is 92.3 cm³/mol. The van der Waals surface area contributed by atoms with Gasteiger partial charge in [0.25, 0.3) is 0 Å². The van der Waals surface area contributed by atoms with Crippen LogP contribution in [0.5, 0.6) is 0 Å². The van der Waals surface area contributed by atoms with E-state index in [2.05, 4.69) is 0 Å². The summed E-state index contributed by atoms with van der Waals surface area (Å²) in [4.78, 5) is 27.2. The van der Waals surface area contributed by atoms with Crippen LogP contribution in [0.3, 0.4) is 0 Å². The quantitative estimate of drug-likeness (QED) is 0.861. The summed E-state index contributed by atoms with van der Waals surface area (Å²) in [6.07, 6.45) is -5.25. The number of primary amides is 1. The molecule has 0 saturated carbocycles. The van der Waals surface area contributed by atoms with Crippen molar-refractivity contribution in [1.82, 2.24) is 4.90 Å². The molecule has 6 nitrogen and oxygen atoms in total. The van der Waals surface area contributed by atoms with Crippen molar-refractivity contribution in [3.05, 3.63) is 29.8 Å². The van der Waals surface area contributed by atoms with E-state index in [0.717, 1.165) is 5.69 Å². The molecule has 2 aliphatic rings. The molecule has 0 radical (unpaired) electrons. The van der Waals surface area contributed by atoms with Gasteiger partial charge in [-0.1, -0.05) is 0 Å². The first kappa shape index (κ1) is 19.5. The number of hydrogen-bond acceptors (Lipinski definition) is 4. The fourth-order valence-corrected chi connectivity index (χ4v) is 3.65. The van der Waals surface area contributed by atoms with Gasteiger partial charge in [0.15, 0.2) is 0 Å². The van der Waals surface area contributed by atoms with Gasteiger partial charge in [0.05, 0.1) is 0 Å². The van der Waals surface area contributed by atoms with Crippen molar-refractivity contribution in [3.8, 4) is 0 Å². The van der Waals surface area contributed by atoms with E-state index in [1.807, 2.05) is 4.90 Å². The third kappa shape index (κ3) is 3.73. The van der Waals surface area contributed by atoms with Crippen LogP contribution in [0.25, 0.3) is 0 Å². The zero-order chi connectivity index (χ0) is 19.7. The summed E-state index contributed by atoms with van der Waals surface area (Å²) in [6, 6.07) is 6.70. The second-order valence-electron chi connectivity index (χ2n) is 6.88. The number of benzene rings is 1. The molecule has 0 unspecified atom stereocenters. The van der Waals surface area contributed by atoms with Gasteiger partial charge in [-0.3, -0.25) is 9.59 Å². The van der Waals surface area contributed by atoms with E-state index in [-0.39, 0.29) is 39.1 Å². The number of anilines is 1. The first-order chi connectivity index (χ1) is 12.7. The van der Waals surface area contributed by atoms with Gasteiger partial charge in [-0.25, -0.2) is 0 Å². The topological polar surface area (TPSA) is 75.9 Å². The Balaban J connectivity index is 1.67. The van der Waals surface area contributed by atoms with E-state index in [1.54, 1.807) is 24.3 Å². The van der Waals surface area contributed by atoms with Crippen molar-refractivity contribution >= 4 is 17.5 Å². The predicted octanol–water partition coefficient (Wildman–Crippen LogP) is 1.79. The first-order valence-electron chi connectivity index (χ1n) is 8.83. The summed E-state index contributed by atoms with van der Waals surface area (Å²) in [5.41, 5.74) is 4.10. The Kier molecular flexibility index (Phi) is 5.32. The fourth-order valence-electron chi connectivity index (χ4n) is 3.65. The Bertz CT molecular complexity index is 692. The van der Waals surface area contributed by atoms with Crippen LogP contribution >= 0.6 is 0 Å². The minimum Gasteiger partial charge on any atom is -0.381 e. The van der Waals surface area contributed by atoms with Crippen molar-refractivity contribution in [3.63, 3.8) is 0 Å². The summed E-state index contributed by atoms with van der Waals surface area (Å²) >= 11 is 0. The van der Waals surface area contributed by atoms with Crippen LogP contribution in [-0.2, 0) is 9.53 Å². The van der Waals surface area contributed by atoms with Gasteiger partial charge >= 0.3 is 6.18 Å². The number of carbonyl (C=O) groups excluding carboxylic acids is 2. The van der Waals surface area contributed by atoms with Gasteiger partial charge in [-0.2, -0.15) is 13.2 Å². The van der Waals surface area contributed by atoms with E-state index < -0.39 is 23.4 Å². The second-order valence-corrected chi connectivity index (χ2v) is 6.88. The molecule has 148 valence electrons. The molecule has 3 rings (SSSR count). The number of ether oxygens (including phenoxy) is 1. The molecule has 0 bridgehead atoms. The molecule has 9 heteroatoms. The van der Waals surface area contributed by atoms with E-state index >= 15 is 0 Å². The molecule has 2 amide bonds. The number of carbonyl (C=O) groups is 2. The number of halogens is 3. The van der Waals surface area contributed by atoms with Gasteiger partial charge in [0.2, 0.25) is 11.8 Å². The smallest absolute Gasteiger partial charge is 0.381 e. The minimum absolute atomic E-state index is 0.0581. The maximum absolute atomic E-state index is 13.7. The van der Waals surface area contributed by atoms with Crippen molar-refractivity contribution in [1.29, 1.82) is 0 Å². The van der Waals surface area contributed by atoms with Crippen LogP contribution < -0.4 is 10.6 Å². The molecule has 0 aromatic heterocycles. The first-order valence-corrected chi connectivity index (χ1v) is 8.83. The third-order valence-electron chi connectivity index (χ3n) is 5.38. The highest BCUT2D eigenvalue weighted by molar-refractivity contribution is 5.93. The molecule has 2 heterocycles. The molecule has 0 spiro atoms. The van der Waals surface area contributed by atoms with Crippen LogP contribution in [0.1, 0.15) is 23.2 Å². The highest BCUT2D eigenvalue weighted by atomic mass is 19.4. The molecule has 2 N–H and O–H groups in total. The monoisotopic (exact) mass is 385 g/mol. The highest BCUT2D eigenvalue weighted by Crippen LogP contribution is 2.47. The van der Waals surface area contributed by atoms with Gasteiger partial charge in [-0.05, 0) is 37.1 Å². The molecule has 2 saturated heterocycles. The van der Waals surface area contributed by atoms with Crippen LogP contribution in [0.4, 0.5) is 18.9 Å². The maximum Gasteiger partial charge on any atom is 0.403 e. The number of amides is 2. The number of nitrogens with zero attached hydrogens (tertiary/aromatic N) is 2. The van der Waals surface area contributed by atoms with Crippen molar-refractivity contribution in [2.24, 2.45) is 11.1 Å². The van der Waals surface area contributed by atoms with Gasteiger partial charge in [-0.15, -0.1) is 0 Å². The lowest BCUT2D eigenvalue weighted by Crippen LogP contribution is -2.58. The lowest BCUT2D eigenvalue weighted by atomic mass is 9.78. The SMILES string of the molecule is NC(=O)c1ccc(N2CCN(C(=O)C3(C(F)(F)F)CCOCC3)CC2)cc1. The number of alkyl halides is 3. The number of nitrogens with two attached hydrogens (primary N) is 1. The Labute approximate surface area is 155 Å². The van der Waals surface area contributed by atoms with Crippen molar-refractivity contribution < 1.29 is 27.5 Å². The van der Waals surface area contributed by atoms with Gasteiger partial charge in [0.1, 0.15) is 5.41 Å². The molecular weight excluding hydrogens is 363 g/mol. The molecular formula is C18H22F3N3O3. The normalized spacial score (nSPS) is 20.4. The Morgan fingerprint density at radius 2 is 1.56 bits per heavy atom. The maximum atomic E-state index is 13.7. The molecule has 27 heavy (non-hydrogen) atoms. The molecule has 1 aromatic carbocycles. The Hall–Kier alpha value is -2.29. The lowest BCUT2D eigenvalue weighted by Gasteiger charge is -2.43. The largest absolute Gasteiger partial charge is 0.403 e. The summed E-state index contributed by atoms with van der Waals surface area (Å²) in [5, 5.41) is 0. The van der Waals surface area contributed by atoms with Crippen molar-refractivity contribution in [2.45, 2.75) is 19.0 Å². The van der Waals surface area contributed by atoms with E-state index in [1.165, 1.54) is 4.90 Å². The van der Waals surface area contributed by atoms with E-state index in [9.17, 15) is 22.8 Å². The standard InChI is InChI=1S/C18H22F3N3O3/c19-18(20,21)17(5-11-27-12-6-17)16(26)24-9-7-23(8-10-24)14-3-1-13(2-4-14)15(22)25/h1-4H,5-12H2,(H2,22,25). The molecule has 2 fully saturated rings. The van der Waals surface area contributed by atoms with Gasteiger partial charge < -0.3 is 20.3 Å². The highest BCUT2D eigenvalue weighted by Gasteiger charge is 2.61. The number of rotatable bonds is 3. The summed E-state index contributed by atoms with van der Waals surface area (Å²) in [6.45, 7) is 1.16. The number of piperazine rings is 1. The zero-order valence-electron chi connectivity index (χ0n) is 14.8. The lowest BCUT2D eigenvalue weighted by molar-refractivity contribution is -0.245. The average Bonchev–Trinajstić information content (AvgIpc) is 2.67. The minimum atomic E-state index is -4.59.